The molecule has 0 amide bonds. The van der Waals surface area contributed by atoms with Gasteiger partial charge in [0, 0.05) is 29.7 Å². The molecule has 1 aliphatic heterocycles. The van der Waals surface area contributed by atoms with Crippen LogP contribution in [0.5, 0.6) is 0 Å². The summed E-state index contributed by atoms with van der Waals surface area (Å²) in [6.07, 6.45) is 0.609. The molecule has 3 nitrogen and oxygen atoms in total. The highest BCUT2D eigenvalue weighted by Crippen LogP contribution is 2.36. The lowest BCUT2D eigenvalue weighted by Gasteiger charge is -2.20. The summed E-state index contributed by atoms with van der Waals surface area (Å²) in [4.78, 5) is 0.314. The van der Waals surface area contributed by atoms with E-state index >= 15 is 0 Å². The van der Waals surface area contributed by atoms with Gasteiger partial charge >= 0.3 is 0 Å². The highest BCUT2D eigenvalue weighted by Gasteiger charge is 2.28. The molecule has 0 bridgehead atoms. The summed E-state index contributed by atoms with van der Waals surface area (Å²) >= 11 is 1.62. The van der Waals surface area contributed by atoms with Crippen molar-refractivity contribution in [2.24, 2.45) is 0 Å². The average molecular weight is 351 g/mol. The number of halogens is 1. The Bertz CT molecular complexity index is 765. The summed E-state index contributed by atoms with van der Waals surface area (Å²) in [7, 11) is -3.47. The van der Waals surface area contributed by atoms with Crippen molar-refractivity contribution in [3.63, 3.8) is 0 Å². The minimum Gasteiger partial charge on any atom is -0.207 e. The Kier molecular flexibility index (Phi) is 5.04. The first-order valence-electron chi connectivity index (χ1n) is 7.50. The molecule has 23 heavy (non-hydrogen) atoms. The molecular weight excluding hydrogens is 333 g/mol. The summed E-state index contributed by atoms with van der Waals surface area (Å²) in [6.45, 7) is 0.857. The number of hydrogen-bond acceptors (Lipinski definition) is 3. The molecule has 122 valence electrons. The second-order valence-electron chi connectivity index (χ2n) is 5.39. The van der Waals surface area contributed by atoms with Gasteiger partial charge in [-0.1, -0.05) is 36.4 Å². The van der Waals surface area contributed by atoms with Crippen LogP contribution < -0.4 is 0 Å². The summed E-state index contributed by atoms with van der Waals surface area (Å²) in [5.74, 6) is 0.440. The van der Waals surface area contributed by atoms with Gasteiger partial charge in [0.25, 0.3) is 0 Å². The van der Waals surface area contributed by atoms with E-state index in [0.717, 1.165) is 0 Å². The first kappa shape index (κ1) is 16.5. The number of hydrogen-bond donors (Lipinski definition) is 0. The van der Waals surface area contributed by atoms with Crippen LogP contribution >= 0.6 is 11.8 Å². The van der Waals surface area contributed by atoms with Gasteiger partial charge in [-0.25, -0.2) is 12.8 Å². The smallest absolute Gasteiger partial charge is 0.207 e. The molecule has 1 saturated heterocycles. The third kappa shape index (κ3) is 3.59. The predicted octanol–water partition coefficient (Wildman–Crippen LogP) is 3.69. The zero-order valence-corrected chi connectivity index (χ0v) is 14.2. The number of benzene rings is 2. The van der Waals surface area contributed by atoms with Crippen LogP contribution in [0.2, 0.25) is 0 Å². The van der Waals surface area contributed by atoms with Gasteiger partial charge in [0.2, 0.25) is 10.0 Å². The van der Waals surface area contributed by atoms with Crippen LogP contribution in [-0.2, 0) is 10.0 Å². The Labute approximate surface area is 140 Å². The van der Waals surface area contributed by atoms with Crippen LogP contribution in [0, 0.1) is 5.82 Å². The molecule has 1 aliphatic rings. The quantitative estimate of drug-likeness (QED) is 0.846. The van der Waals surface area contributed by atoms with Gasteiger partial charge in [0.1, 0.15) is 5.82 Å². The molecule has 2 aromatic rings. The molecule has 1 unspecified atom stereocenters. The number of sulfonamides is 1. The Balaban J connectivity index is 1.78. The van der Waals surface area contributed by atoms with Crippen molar-refractivity contribution in [2.75, 3.05) is 18.8 Å². The molecule has 0 saturated carbocycles. The predicted molar refractivity (Wildman–Crippen MR) is 91.4 cm³/mol. The Morgan fingerprint density at radius 2 is 1.70 bits per heavy atom. The van der Waals surface area contributed by atoms with Gasteiger partial charge in [-0.15, -0.1) is 0 Å². The monoisotopic (exact) mass is 351 g/mol. The molecule has 0 spiro atoms. The molecule has 1 fully saturated rings. The number of rotatable bonds is 3. The van der Waals surface area contributed by atoms with Gasteiger partial charge in [0.05, 0.1) is 4.90 Å². The fraction of sp³-hybridized carbons (Fsp3) is 0.294. The van der Waals surface area contributed by atoms with Crippen molar-refractivity contribution in [1.82, 2.24) is 4.31 Å². The average Bonchev–Trinajstić information content (AvgIpc) is 2.83. The van der Waals surface area contributed by atoms with E-state index in [4.69, 9.17) is 0 Å². The van der Waals surface area contributed by atoms with E-state index in [-0.39, 0.29) is 11.1 Å². The minimum atomic E-state index is -3.47. The SMILES string of the molecule is O=S(=O)(c1ccccc1)N1CCSC(c2ccccc2F)CC1. The molecule has 1 heterocycles. The van der Waals surface area contributed by atoms with E-state index < -0.39 is 10.0 Å². The molecule has 0 N–H and O–H groups in total. The van der Waals surface area contributed by atoms with Crippen LogP contribution in [0.3, 0.4) is 0 Å². The van der Waals surface area contributed by atoms with Gasteiger partial charge in [-0.3, -0.25) is 0 Å². The maximum Gasteiger partial charge on any atom is 0.243 e. The van der Waals surface area contributed by atoms with E-state index in [0.29, 0.717) is 35.7 Å². The van der Waals surface area contributed by atoms with Crippen LogP contribution in [0.1, 0.15) is 17.2 Å². The highest BCUT2D eigenvalue weighted by atomic mass is 32.2. The van der Waals surface area contributed by atoms with Crippen LogP contribution in [0.15, 0.2) is 59.5 Å². The lowest BCUT2D eigenvalue weighted by atomic mass is 10.1. The zero-order chi connectivity index (χ0) is 16.3. The topological polar surface area (TPSA) is 37.4 Å². The second-order valence-corrected chi connectivity index (χ2v) is 8.64. The Morgan fingerprint density at radius 1 is 1.00 bits per heavy atom. The number of thioether (sulfide) groups is 1. The Hall–Kier alpha value is -1.37. The van der Waals surface area contributed by atoms with Crippen molar-refractivity contribution >= 4 is 21.8 Å². The van der Waals surface area contributed by atoms with Gasteiger partial charge in [-0.05, 0) is 24.6 Å². The van der Waals surface area contributed by atoms with Gasteiger partial charge < -0.3 is 0 Å². The first-order chi connectivity index (χ1) is 11.1. The van der Waals surface area contributed by atoms with Crippen molar-refractivity contribution in [3.8, 4) is 0 Å². The largest absolute Gasteiger partial charge is 0.243 e. The highest BCUT2D eigenvalue weighted by molar-refractivity contribution is 7.99. The standard InChI is InChI=1S/C17H18FNO2S2/c18-16-9-5-4-8-15(16)17-10-11-19(12-13-22-17)23(20,21)14-6-2-1-3-7-14/h1-9,17H,10-13H2. The van der Waals surface area contributed by atoms with E-state index in [1.165, 1.54) is 10.4 Å². The van der Waals surface area contributed by atoms with Crippen molar-refractivity contribution in [1.29, 1.82) is 0 Å². The lowest BCUT2D eigenvalue weighted by Crippen LogP contribution is -2.33. The first-order valence-corrected chi connectivity index (χ1v) is 9.99. The molecule has 0 aromatic heterocycles. The van der Waals surface area contributed by atoms with Crippen LogP contribution in [-0.4, -0.2) is 31.6 Å². The van der Waals surface area contributed by atoms with Crippen molar-refractivity contribution < 1.29 is 12.8 Å². The minimum absolute atomic E-state index is 0.00725. The molecule has 0 aliphatic carbocycles. The summed E-state index contributed by atoms with van der Waals surface area (Å²) in [5, 5.41) is -0.00725. The fourth-order valence-electron chi connectivity index (χ4n) is 2.72. The maximum atomic E-state index is 14.0. The van der Waals surface area contributed by atoms with E-state index in [1.807, 2.05) is 6.07 Å². The summed E-state index contributed by atoms with van der Waals surface area (Å²) in [6, 6.07) is 15.2. The number of nitrogens with zero attached hydrogens (tertiary/aromatic N) is 1. The lowest BCUT2D eigenvalue weighted by molar-refractivity contribution is 0.427. The molecule has 1 atom stereocenters. The van der Waals surface area contributed by atoms with Crippen molar-refractivity contribution in [2.45, 2.75) is 16.6 Å². The molecular formula is C17H18FNO2S2. The van der Waals surface area contributed by atoms with E-state index in [9.17, 15) is 12.8 Å². The second kappa shape index (κ2) is 7.03. The Morgan fingerprint density at radius 3 is 2.43 bits per heavy atom. The summed E-state index contributed by atoms with van der Waals surface area (Å²) < 4.78 is 40.9. The third-order valence-corrected chi connectivity index (χ3v) is 7.16. The molecule has 2 aromatic carbocycles. The van der Waals surface area contributed by atoms with E-state index in [1.54, 1.807) is 54.2 Å². The van der Waals surface area contributed by atoms with Crippen LogP contribution in [0.4, 0.5) is 4.39 Å². The van der Waals surface area contributed by atoms with Crippen LogP contribution in [0.25, 0.3) is 0 Å². The van der Waals surface area contributed by atoms with E-state index in [2.05, 4.69) is 0 Å². The molecule has 6 heteroatoms. The van der Waals surface area contributed by atoms with Crippen molar-refractivity contribution in [3.05, 3.63) is 66.0 Å². The molecule has 0 radical (unpaired) electrons. The van der Waals surface area contributed by atoms with Gasteiger partial charge in [-0.2, -0.15) is 16.1 Å². The van der Waals surface area contributed by atoms with Gasteiger partial charge in [0.15, 0.2) is 0 Å². The summed E-state index contributed by atoms with van der Waals surface area (Å²) in [5.41, 5.74) is 0.663. The zero-order valence-electron chi connectivity index (χ0n) is 12.6. The fourth-order valence-corrected chi connectivity index (χ4v) is 5.56. The molecule has 3 rings (SSSR count). The normalized spacial score (nSPS) is 20.1. The third-order valence-electron chi connectivity index (χ3n) is 3.93. The maximum absolute atomic E-state index is 14.0.